The maximum atomic E-state index is 2.48. The lowest BCUT2D eigenvalue weighted by Gasteiger charge is -2.33. The van der Waals surface area contributed by atoms with Gasteiger partial charge in [-0.25, -0.2) is 0 Å². The topological polar surface area (TPSA) is 6.48 Å². The van der Waals surface area contributed by atoms with E-state index in [1.54, 1.807) is 0 Å². The molecule has 0 atom stereocenters. The Kier molecular flexibility index (Phi) is 9.06. The Hall–Kier alpha value is -7.98. The summed E-state index contributed by atoms with van der Waals surface area (Å²) in [5.74, 6) is 0. The molecule has 0 aliphatic heterocycles. The van der Waals surface area contributed by atoms with Gasteiger partial charge in [0, 0.05) is 34.1 Å². The zero-order valence-corrected chi connectivity index (χ0v) is 39.8. The fraction of sp³-hybridized carbons (Fsp3) is 0.0769. The standard InChI is InChI=1S/C65H50N2Si/c1-43-19-17-24-47(39-43)66(45-20-7-5-8-21-45)49-34-37-52-44(40-49)33-36-58-62-56-30-12-11-27-53(56)59-42-50(67(46-22-9-6-10-23-46)48-25-18-26-51(41-48)68(2,3)4)35-38-57(59)64(62)65(63(52)58)60-31-15-13-28-54(60)55-29-14-16-32-61(55)65/h5-42H,1-4H3. The summed E-state index contributed by atoms with van der Waals surface area (Å²) >= 11 is 0. The minimum Gasteiger partial charge on any atom is -0.310 e. The van der Waals surface area contributed by atoms with E-state index in [9.17, 15) is 0 Å². The number of nitrogens with zero attached hydrogens (tertiary/aromatic N) is 2. The van der Waals surface area contributed by atoms with E-state index < -0.39 is 13.5 Å². The maximum absolute atomic E-state index is 2.48. The van der Waals surface area contributed by atoms with E-state index in [1.165, 1.54) is 93.3 Å². The van der Waals surface area contributed by atoms with Crippen molar-refractivity contribution in [3.63, 3.8) is 0 Å². The average Bonchev–Trinajstić information content (AvgIpc) is 3.85. The van der Waals surface area contributed by atoms with Crippen LogP contribution in [-0.2, 0) is 5.41 Å². The molecule has 0 heterocycles. The predicted molar refractivity (Wildman–Crippen MR) is 292 cm³/mol. The van der Waals surface area contributed by atoms with Crippen LogP contribution in [0.3, 0.4) is 0 Å². The lowest BCUT2D eigenvalue weighted by molar-refractivity contribution is 0.809. The van der Waals surface area contributed by atoms with Crippen molar-refractivity contribution in [3.8, 4) is 22.3 Å². The number of hydrogen-bond acceptors (Lipinski definition) is 2. The first-order chi connectivity index (χ1) is 33.3. The largest absolute Gasteiger partial charge is 0.310 e. The average molecular weight is 887 g/mol. The quantitative estimate of drug-likeness (QED) is 0.116. The second-order valence-electron chi connectivity index (χ2n) is 19.7. The SMILES string of the molecule is Cc1cccc(N(c2ccccc2)c2ccc3c4c(ccc3c2)-c2c(c3ccc(N(c5ccccc5)c5cccc([Si](C)(C)C)c5)cc3c3ccccc23)C42c3ccccc3-c3ccccc32)c1. The second-order valence-corrected chi connectivity index (χ2v) is 24.8. The molecule has 0 radical (unpaired) electrons. The van der Waals surface area contributed by atoms with Gasteiger partial charge in [0.2, 0.25) is 0 Å². The summed E-state index contributed by atoms with van der Waals surface area (Å²) < 4.78 is 0. The van der Waals surface area contributed by atoms with Crippen LogP contribution in [0.25, 0.3) is 54.6 Å². The Labute approximate surface area is 400 Å². The van der Waals surface area contributed by atoms with Crippen LogP contribution in [0.5, 0.6) is 0 Å². The summed E-state index contributed by atoms with van der Waals surface area (Å²) in [6.45, 7) is 9.47. The molecular weight excluding hydrogens is 837 g/mol. The van der Waals surface area contributed by atoms with Gasteiger partial charge in [-0.3, -0.25) is 0 Å². The van der Waals surface area contributed by atoms with E-state index >= 15 is 0 Å². The van der Waals surface area contributed by atoms with E-state index in [4.69, 9.17) is 0 Å². The number of aryl methyl sites for hydroxylation is 1. The number of hydrogen-bond donors (Lipinski definition) is 0. The Balaban J connectivity index is 1.11. The molecule has 68 heavy (non-hydrogen) atoms. The highest BCUT2D eigenvalue weighted by molar-refractivity contribution is 6.88. The van der Waals surface area contributed by atoms with Gasteiger partial charge in [-0.2, -0.15) is 0 Å². The van der Waals surface area contributed by atoms with Gasteiger partial charge in [-0.05, 0) is 162 Å². The fourth-order valence-electron chi connectivity index (χ4n) is 11.9. The highest BCUT2D eigenvalue weighted by atomic mass is 28.3. The summed E-state index contributed by atoms with van der Waals surface area (Å²) in [5, 5.41) is 9.04. The molecule has 0 bridgehead atoms. The molecule has 2 nitrogen and oxygen atoms in total. The molecule has 0 saturated heterocycles. The number of rotatable bonds is 7. The zero-order chi connectivity index (χ0) is 45.7. The first-order valence-corrected chi connectivity index (χ1v) is 27.4. The van der Waals surface area contributed by atoms with Crippen LogP contribution < -0.4 is 15.0 Å². The van der Waals surface area contributed by atoms with Crippen LogP contribution in [-0.4, -0.2) is 8.07 Å². The van der Waals surface area contributed by atoms with Crippen LogP contribution in [0.4, 0.5) is 34.1 Å². The maximum Gasteiger partial charge on any atom is 0.0776 e. The molecule has 13 rings (SSSR count). The van der Waals surface area contributed by atoms with Crippen LogP contribution in [0.15, 0.2) is 231 Å². The summed E-state index contributed by atoms with van der Waals surface area (Å²) in [6.07, 6.45) is 0. The van der Waals surface area contributed by atoms with E-state index in [0.29, 0.717) is 0 Å². The van der Waals surface area contributed by atoms with Crippen molar-refractivity contribution in [2.75, 3.05) is 9.80 Å². The summed E-state index contributed by atoms with van der Waals surface area (Å²) in [7, 11) is -1.60. The van der Waals surface area contributed by atoms with Crippen molar-refractivity contribution in [1.29, 1.82) is 0 Å². The molecule has 0 amide bonds. The number of benzene rings is 11. The second kappa shape index (κ2) is 15.3. The van der Waals surface area contributed by atoms with Gasteiger partial charge >= 0.3 is 0 Å². The zero-order valence-electron chi connectivity index (χ0n) is 38.8. The van der Waals surface area contributed by atoms with Crippen molar-refractivity contribution < 1.29 is 0 Å². The summed E-state index contributed by atoms with van der Waals surface area (Å²) in [5.41, 5.74) is 18.2. The normalized spacial score (nSPS) is 13.1. The minimum atomic E-state index is -1.60. The molecule has 0 saturated carbocycles. The highest BCUT2D eigenvalue weighted by Crippen LogP contribution is 2.67. The smallest absolute Gasteiger partial charge is 0.0776 e. The van der Waals surface area contributed by atoms with E-state index in [-0.39, 0.29) is 0 Å². The Morgan fingerprint density at radius 1 is 0.338 bits per heavy atom. The third kappa shape index (κ3) is 5.95. The van der Waals surface area contributed by atoms with Crippen LogP contribution >= 0.6 is 0 Å². The van der Waals surface area contributed by atoms with Crippen molar-refractivity contribution in [2.24, 2.45) is 0 Å². The Bertz CT molecular complexity index is 3760. The lowest BCUT2D eigenvalue weighted by atomic mass is 9.68. The van der Waals surface area contributed by atoms with E-state index in [0.717, 1.165) is 28.4 Å². The summed E-state index contributed by atoms with van der Waals surface area (Å²) in [6, 6.07) is 86.6. The van der Waals surface area contributed by atoms with Crippen molar-refractivity contribution in [1.82, 2.24) is 0 Å². The third-order valence-corrected chi connectivity index (χ3v) is 16.8. The lowest BCUT2D eigenvalue weighted by Crippen LogP contribution is -2.37. The van der Waals surface area contributed by atoms with Gasteiger partial charge in [0.1, 0.15) is 0 Å². The van der Waals surface area contributed by atoms with E-state index in [1.807, 2.05) is 0 Å². The minimum absolute atomic E-state index is 0.580. The van der Waals surface area contributed by atoms with Crippen molar-refractivity contribution >= 4 is 79.7 Å². The monoisotopic (exact) mass is 886 g/mol. The molecule has 0 unspecified atom stereocenters. The van der Waals surface area contributed by atoms with Crippen LogP contribution in [0.1, 0.15) is 27.8 Å². The molecule has 0 aromatic heterocycles. The number of fused-ring (bicyclic) bond motifs is 17. The van der Waals surface area contributed by atoms with Crippen molar-refractivity contribution in [3.05, 3.63) is 258 Å². The van der Waals surface area contributed by atoms with Gasteiger partial charge in [0.05, 0.1) is 13.5 Å². The molecule has 2 aliphatic rings. The first-order valence-electron chi connectivity index (χ1n) is 23.9. The number of para-hydroxylation sites is 2. The van der Waals surface area contributed by atoms with Gasteiger partial charge in [0.25, 0.3) is 0 Å². The van der Waals surface area contributed by atoms with E-state index in [2.05, 4.69) is 267 Å². The van der Waals surface area contributed by atoms with Gasteiger partial charge in [0.15, 0.2) is 0 Å². The van der Waals surface area contributed by atoms with Crippen LogP contribution in [0, 0.1) is 6.92 Å². The molecule has 324 valence electrons. The highest BCUT2D eigenvalue weighted by Gasteiger charge is 2.53. The third-order valence-electron chi connectivity index (χ3n) is 14.8. The molecule has 3 heteroatoms. The fourth-order valence-corrected chi connectivity index (χ4v) is 13.1. The predicted octanol–water partition coefficient (Wildman–Crippen LogP) is 17.3. The molecule has 2 aliphatic carbocycles. The number of anilines is 6. The first kappa shape index (κ1) is 40.3. The molecule has 11 aromatic rings. The van der Waals surface area contributed by atoms with Crippen LogP contribution in [0.2, 0.25) is 19.6 Å². The van der Waals surface area contributed by atoms with Crippen molar-refractivity contribution in [2.45, 2.75) is 32.0 Å². The van der Waals surface area contributed by atoms with Gasteiger partial charge in [-0.1, -0.05) is 183 Å². The van der Waals surface area contributed by atoms with Gasteiger partial charge in [-0.15, -0.1) is 0 Å². The molecular formula is C65H50N2Si. The van der Waals surface area contributed by atoms with Gasteiger partial charge < -0.3 is 9.80 Å². The Morgan fingerprint density at radius 2 is 0.868 bits per heavy atom. The molecule has 11 aromatic carbocycles. The molecule has 1 spiro atoms. The Morgan fingerprint density at radius 3 is 1.51 bits per heavy atom. The molecule has 0 N–H and O–H groups in total. The molecule has 0 fully saturated rings. The summed E-state index contributed by atoms with van der Waals surface area (Å²) in [4.78, 5) is 4.85.